The van der Waals surface area contributed by atoms with Gasteiger partial charge in [-0.2, -0.15) is 0 Å². The third-order valence-corrected chi connectivity index (χ3v) is 7.20. The molecule has 2 rings (SSSR count). The Balaban J connectivity index is 2.09. The molecule has 0 aliphatic carbocycles. The average Bonchev–Trinajstić information content (AvgIpc) is 2.62. The van der Waals surface area contributed by atoms with Crippen LogP contribution in [0.3, 0.4) is 0 Å². The molecule has 1 unspecified atom stereocenters. The van der Waals surface area contributed by atoms with Crippen LogP contribution >= 0.6 is 0 Å². The largest absolute Gasteiger partial charge is 0.481 e. The Morgan fingerprint density at radius 1 is 1.26 bits per heavy atom. The minimum Gasteiger partial charge on any atom is -0.481 e. The van der Waals surface area contributed by atoms with E-state index in [0.717, 1.165) is 0 Å². The number of carbonyl (C=O) groups is 2. The molecule has 150 valence electrons. The highest BCUT2D eigenvalue weighted by Gasteiger charge is 2.43. The van der Waals surface area contributed by atoms with Crippen molar-refractivity contribution < 1.29 is 27.9 Å². The van der Waals surface area contributed by atoms with Crippen LogP contribution in [-0.4, -0.2) is 62.4 Å². The Labute approximate surface area is 160 Å². The molecule has 1 aliphatic heterocycles. The van der Waals surface area contributed by atoms with E-state index in [9.17, 15) is 23.1 Å². The third-order valence-electron chi connectivity index (χ3n) is 5.03. The molecule has 1 aromatic rings. The van der Waals surface area contributed by atoms with Gasteiger partial charge in [-0.15, -0.1) is 0 Å². The Bertz CT molecular complexity index is 783. The van der Waals surface area contributed by atoms with Crippen LogP contribution in [0.1, 0.15) is 32.3 Å². The summed E-state index contributed by atoms with van der Waals surface area (Å²) in [4.78, 5) is 26.1. The van der Waals surface area contributed by atoms with Crippen molar-refractivity contribution in [3.8, 4) is 0 Å². The normalized spacial score (nSPS) is 20.7. The second kappa shape index (κ2) is 8.39. The Morgan fingerprint density at radius 3 is 2.41 bits per heavy atom. The fraction of sp³-hybridized carbons (Fsp3) is 0.579. The lowest BCUT2D eigenvalue weighted by molar-refractivity contribution is -0.159. The van der Waals surface area contributed by atoms with Gasteiger partial charge >= 0.3 is 5.97 Å². The molecule has 0 spiro atoms. The van der Waals surface area contributed by atoms with E-state index in [1.807, 2.05) is 0 Å². The second-order valence-electron chi connectivity index (χ2n) is 7.35. The summed E-state index contributed by atoms with van der Waals surface area (Å²) in [6.07, 6.45) is 1.18. The average molecular weight is 397 g/mol. The predicted molar refractivity (Wildman–Crippen MR) is 100 cm³/mol. The predicted octanol–water partition coefficient (Wildman–Crippen LogP) is 1.75. The van der Waals surface area contributed by atoms with Crippen LogP contribution in [0.2, 0.25) is 0 Å². The van der Waals surface area contributed by atoms with E-state index in [1.165, 1.54) is 19.2 Å². The van der Waals surface area contributed by atoms with Crippen molar-refractivity contribution in [3.05, 3.63) is 29.8 Å². The van der Waals surface area contributed by atoms with Gasteiger partial charge in [-0.3, -0.25) is 9.59 Å². The molecule has 1 amide bonds. The van der Waals surface area contributed by atoms with Gasteiger partial charge in [0.2, 0.25) is 5.91 Å². The number of likely N-dealkylation sites (tertiary alicyclic amines) is 1. The molecule has 0 bridgehead atoms. The van der Waals surface area contributed by atoms with Crippen molar-refractivity contribution in [2.45, 2.75) is 43.3 Å². The second-order valence-corrected chi connectivity index (χ2v) is 9.86. The highest BCUT2D eigenvalue weighted by molar-refractivity contribution is 7.92. The van der Waals surface area contributed by atoms with E-state index in [4.69, 9.17) is 4.74 Å². The van der Waals surface area contributed by atoms with Gasteiger partial charge in [0.15, 0.2) is 9.84 Å². The van der Waals surface area contributed by atoms with E-state index in [2.05, 4.69) is 0 Å². The topological polar surface area (TPSA) is 101 Å². The van der Waals surface area contributed by atoms with Gasteiger partial charge in [0.25, 0.3) is 0 Å². The number of nitrogens with zero attached hydrogens (tertiary/aromatic N) is 1. The number of methoxy groups -OCH3 is 1. The molecule has 1 saturated heterocycles. The van der Waals surface area contributed by atoms with E-state index < -0.39 is 26.5 Å². The number of hydrogen-bond acceptors (Lipinski definition) is 5. The van der Waals surface area contributed by atoms with Crippen molar-refractivity contribution in [2.75, 3.05) is 26.8 Å². The maximum absolute atomic E-state index is 12.6. The van der Waals surface area contributed by atoms with E-state index in [0.29, 0.717) is 24.9 Å². The number of ether oxygens (including phenoxy) is 1. The summed E-state index contributed by atoms with van der Waals surface area (Å²) in [6.45, 7) is 3.94. The molecule has 8 heteroatoms. The summed E-state index contributed by atoms with van der Waals surface area (Å²) < 4.78 is 29.4. The zero-order valence-corrected chi connectivity index (χ0v) is 16.8. The monoisotopic (exact) mass is 397 g/mol. The maximum Gasteiger partial charge on any atom is 0.313 e. The van der Waals surface area contributed by atoms with Crippen LogP contribution in [0.25, 0.3) is 0 Å². The summed E-state index contributed by atoms with van der Waals surface area (Å²) in [6, 6.07) is 6.30. The van der Waals surface area contributed by atoms with Gasteiger partial charge in [0, 0.05) is 20.2 Å². The molecule has 27 heavy (non-hydrogen) atoms. The third kappa shape index (κ3) is 4.68. The Morgan fingerprint density at radius 2 is 1.89 bits per heavy atom. The van der Waals surface area contributed by atoms with Crippen LogP contribution < -0.4 is 0 Å². The number of rotatable bonds is 7. The summed E-state index contributed by atoms with van der Waals surface area (Å²) in [5.41, 5.74) is -0.376. The molecule has 1 aliphatic rings. The number of aliphatic carboxylic acids is 1. The maximum atomic E-state index is 12.6. The molecular formula is C19H27NO6S. The van der Waals surface area contributed by atoms with Crippen molar-refractivity contribution in [2.24, 2.45) is 5.41 Å². The molecule has 1 N–H and O–H groups in total. The molecule has 0 aromatic heterocycles. The molecule has 0 saturated carbocycles. The minimum absolute atomic E-state index is 0.0634. The number of amides is 1. The number of hydrogen-bond donors (Lipinski definition) is 1. The van der Waals surface area contributed by atoms with Gasteiger partial charge < -0.3 is 14.7 Å². The molecular weight excluding hydrogens is 370 g/mol. The molecule has 1 heterocycles. The highest BCUT2D eigenvalue weighted by Crippen LogP contribution is 2.31. The first-order valence-electron chi connectivity index (χ1n) is 8.95. The smallest absolute Gasteiger partial charge is 0.313 e. The van der Waals surface area contributed by atoms with Gasteiger partial charge in [0.1, 0.15) is 5.41 Å². The molecule has 7 nitrogen and oxygen atoms in total. The number of sulfone groups is 1. The lowest BCUT2D eigenvalue weighted by Gasteiger charge is -2.39. The number of benzene rings is 1. The van der Waals surface area contributed by atoms with Gasteiger partial charge in [-0.05, 0) is 44.4 Å². The van der Waals surface area contributed by atoms with Crippen molar-refractivity contribution >= 4 is 21.7 Å². The first-order chi connectivity index (χ1) is 12.6. The van der Waals surface area contributed by atoms with Crippen LogP contribution in [-0.2, 0) is 30.6 Å². The van der Waals surface area contributed by atoms with Crippen LogP contribution in [0.4, 0.5) is 0 Å². The van der Waals surface area contributed by atoms with Crippen molar-refractivity contribution in [1.82, 2.24) is 4.90 Å². The molecule has 1 atom stereocenters. The number of carboxylic acid groups (broad SMARTS) is 1. The highest BCUT2D eigenvalue weighted by atomic mass is 32.2. The van der Waals surface area contributed by atoms with Gasteiger partial charge in [-0.1, -0.05) is 12.1 Å². The summed E-state index contributed by atoms with van der Waals surface area (Å²) in [5.74, 6) is -1.12. The number of carboxylic acids is 1. The minimum atomic E-state index is -3.35. The van der Waals surface area contributed by atoms with Crippen molar-refractivity contribution in [1.29, 1.82) is 0 Å². The number of piperidine rings is 1. The van der Waals surface area contributed by atoms with Gasteiger partial charge in [0.05, 0.1) is 23.2 Å². The Kier molecular flexibility index (Phi) is 6.64. The lowest BCUT2D eigenvalue weighted by Crippen LogP contribution is -2.52. The first-order valence-corrected chi connectivity index (χ1v) is 10.5. The standard InChI is InChI=1S/C19H27NO6S/c1-14(2)27(24,25)16-7-5-15(6-8-16)11-17(21)20-10-4-9-19(12-20,13-26-3)18(22)23/h5-8,14H,4,9-13H2,1-3H3,(H,22,23). The van der Waals surface area contributed by atoms with Crippen LogP contribution in [0, 0.1) is 5.41 Å². The zero-order chi connectivity index (χ0) is 20.2. The van der Waals surface area contributed by atoms with E-state index in [-0.39, 0.29) is 30.4 Å². The first kappa shape index (κ1) is 21.4. The van der Waals surface area contributed by atoms with Crippen LogP contribution in [0.15, 0.2) is 29.2 Å². The van der Waals surface area contributed by atoms with Crippen LogP contribution in [0.5, 0.6) is 0 Å². The van der Waals surface area contributed by atoms with Crippen molar-refractivity contribution in [3.63, 3.8) is 0 Å². The number of carbonyl (C=O) groups excluding carboxylic acids is 1. The van der Waals surface area contributed by atoms with E-state index in [1.54, 1.807) is 30.9 Å². The summed E-state index contributed by atoms with van der Waals surface area (Å²) in [7, 11) is -1.89. The lowest BCUT2D eigenvalue weighted by atomic mass is 9.80. The molecule has 0 radical (unpaired) electrons. The SMILES string of the molecule is COCC1(C(=O)O)CCCN(C(=O)Cc2ccc(S(=O)(=O)C(C)C)cc2)C1. The summed E-state index contributed by atoms with van der Waals surface area (Å²) >= 11 is 0. The fourth-order valence-electron chi connectivity index (χ4n) is 3.33. The Hall–Kier alpha value is -1.93. The summed E-state index contributed by atoms with van der Waals surface area (Å²) in [5, 5.41) is 9.07. The van der Waals surface area contributed by atoms with Gasteiger partial charge in [-0.25, -0.2) is 8.42 Å². The zero-order valence-electron chi connectivity index (χ0n) is 16.0. The molecule has 1 aromatic carbocycles. The molecule has 1 fully saturated rings. The fourth-order valence-corrected chi connectivity index (χ4v) is 4.39. The van der Waals surface area contributed by atoms with E-state index >= 15 is 0 Å². The quantitative estimate of drug-likeness (QED) is 0.752.